The molecule has 1 aromatic carbocycles. The van der Waals surface area contributed by atoms with Crippen LogP contribution in [0.25, 0.3) is 10.1 Å². The highest BCUT2D eigenvalue weighted by Crippen LogP contribution is 2.38. The fourth-order valence-electron chi connectivity index (χ4n) is 2.78. The van der Waals surface area contributed by atoms with Crippen LogP contribution >= 0.6 is 11.3 Å². The van der Waals surface area contributed by atoms with Gasteiger partial charge in [0.1, 0.15) is 0 Å². The molecule has 1 nitrogen and oxygen atoms in total. The molecule has 1 saturated carbocycles. The van der Waals surface area contributed by atoms with Gasteiger partial charge in [0.25, 0.3) is 0 Å². The quantitative estimate of drug-likeness (QED) is 0.817. The van der Waals surface area contributed by atoms with Crippen LogP contribution in [0.4, 0.5) is 0 Å². The average Bonchev–Trinajstić information content (AvgIpc) is 2.75. The Kier molecular flexibility index (Phi) is 3.67. The van der Waals surface area contributed by atoms with Gasteiger partial charge in [0.15, 0.2) is 0 Å². The Bertz CT molecular complexity index is 480. The van der Waals surface area contributed by atoms with Crippen LogP contribution in [0.5, 0.6) is 0 Å². The van der Waals surface area contributed by atoms with Gasteiger partial charge in [0, 0.05) is 15.6 Å². The maximum atomic E-state index is 3.67. The molecule has 1 fully saturated rings. The Morgan fingerprint density at radius 1 is 1.33 bits per heavy atom. The summed E-state index contributed by atoms with van der Waals surface area (Å²) in [6, 6.07) is 11.7. The third-order valence-corrected chi connectivity index (χ3v) is 5.26. The molecular weight excluding hydrogens is 238 g/mol. The van der Waals surface area contributed by atoms with Crippen molar-refractivity contribution in [3.63, 3.8) is 0 Å². The van der Waals surface area contributed by atoms with E-state index in [1.165, 1.54) is 40.6 Å². The van der Waals surface area contributed by atoms with Crippen LogP contribution < -0.4 is 5.32 Å². The highest BCUT2D eigenvalue weighted by molar-refractivity contribution is 7.19. The maximum absolute atomic E-state index is 3.67. The van der Waals surface area contributed by atoms with Crippen molar-refractivity contribution < 1.29 is 0 Å². The lowest BCUT2D eigenvalue weighted by Crippen LogP contribution is -2.25. The Balaban J connectivity index is 1.83. The molecule has 0 saturated heterocycles. The number of thiophene rings is 1. The van der Waals surface area contributed by atoms with Crippen molar-refractivity contribution in [3.8, 4) is 0 Å². The summed E-state index contributed by atoms with van der Waals surface area (Å²) in [5.41, 5.74) is 0. The molecule has 0 radical (unpaired) electrons. The Morgan fingerprint density at radius 2 is 2.17 bits per heavy atom. The molecule has 1 heterocycles. The van der Waals surface area contributed by atoms with Gasteiger partial charge in [-0.05, 0) is 36.4 Å². The predicted octanol–water partition coefficient (Wildman–Crippen LogP) is 4.74. The summed E-state index contributed by atoms with van der Waals surface area (Å²) >= 11 is 1.96. The van der Waals surface area contributed by atoms with Crippen molar-refractivity contribution in [2.75, 3.05) is 6.54 Å². The zero-order valence-corrected chi connectivity index (χ0v) is 11.8. The molecule has 1 N–H and O–H groups in total. The van der Waals surface area contributed by atoms with E-state index in [1.807, 2.05) is 11.3 Å². The third-order valence-electron chi connectivity index (χ3n) is 4.03. The molecule has 3 rings (SSSR count). The molecule has 1 aliphatic rings. The van der Waals surface area contributed by atoms with Gasteiger partial charge in [-0.15, -0.1) is 11.3 Å². The number of nitrogens with one attached hydrogen (secondary N) is 1. The zero-order chi connectivity index (χ0) is 12.4. The van der Waals surface area contributed by atoms with E-state index < -0.39 is 0 Å². The van der Waals surface area contributed by atoms with E-state index in [0.29, 0.717) is 6.04 Å². The van der Waals surface area contributed by atoms with Crippen LogP contribution in [0, 0.1) is 5.92 Å². The Labute approximate surface area is 113 Å². The van der Waals surface area contributed by atoms with Crippen LogP contribution in [0.2, 0.25) is 0 Å². The predicted molar refractivity (Wildman–Crippen MR) is 80.2 cm³/mol. The van der Waals surface area contributed by atoms with Crippen LogP contribution in [0.1, 0.15) is 43.5 Å². The maximum Gasteiger partial charge on any atom is 0.0417 e. The summed E-state index contributed by atoms with van der Waals surface area (Å²) in [7, 11) is 0. The molecular formula is C16H21NS. The molecule has 96 valence electrons. The van der Waals surface area contributed by atoms with Crippen molar-refractivity contribution in [2.45, 2.75) is 38.6 Å². The van der Waals surface area contributed by atoms with Crippen molar-refractivity contribution in [3.05, 3.63) is 35.2 Å². The lowest BCUT2D eigenvalue weighted by atomic mass is 9.80. The minimum Gasteiger partial charge on any atom is -0.310 e. The normalized spacial score (nSPS) is 17.8. The van der Waals surface area contributed by atoms with Crippen molar-refractivity contribution in [1.29, 1.82) is 0 Å². The van der Waals surface area contributed by atoms with Crippen LogP contribution in [0.3, 0.4) is 0 Å². The number of hydrogen-bond acceptors (Lipinski definition) is 2. The smallest absolute Gasteiger partial charge is 0.0417 e. The molecule has 1 aliphatic carbocycles. The molecule has 18 heavy (non-hydrogen) atoms. The van der Waals surface area contributed by atoms with Crippen molar-refractivity contribution in [1.82, 2.24) is 5.32 Å². The molecule has 1 aromatic heterocycles. The lowest BCUT2D eigenvalue weighted by Gasteiger charge is -2.29. The summed E-state index contributed by atoms with van der Waals surface area (Å²) in [5, 5.41) is 5.07. The molecule has 0 amide bonds. The van der Waals surface area contributed by atoms with Gasteiger partial charge in [0.2, 0.25) is 0 Å². The van der Waals surface area contributed by atoms with E-state index in [4.69, 9.17) is 0 Å². The fourth-order valence-corrected chi connectivity index (χ4v) is 3.94. The second-order valence-corrected chi connectivity index (χ2v) is 6.44. The van der Waals surface area contributed by atoms with Gasteiger partial charge in [-0.1, -0.05) is 44.4 Å². The molecule has 0 spiro atoms. The summed E-state index contributed by atoms with van der Waals surface area (Å²) in [6.45, 7) is 3.27. The molecule has 1 unspecified atom stereocenters. The second-order valence-electron chi connectivity index (χ2n) is 5.33. The number of hydrogen-bond donors (Lipinski definition) is 1. The minimum absolute atomic E-state index is 0.567. The summed E-state index contributed by atoms with van der Waals surface area (Å²) < 4.78 is 1.42. The number of benzene rings is 1. The summed E-state index contributed by atoms with van der Waals surface area (Å²) in [5.74, 6) is 0.958. The first kappa shape index (κ1) is 12.2. The zero-order valence-electron chi connectivity index (χ0n) is 11.0. The molecule has 0 bridgehead atoms. The van der Waals surface area contributed by atoms with E-state index in [9.17, 15) is 0 Å². The van der Waals surface area contributed by atoms with Crippen molar-refractivity contribution >= 4 is 21.4 Å². The summed E-state index contributed by atoms with van der Waals surface area (Å²) in [6.07, 6.45) is 5.64. The number of fused-ring (bicyclic) bond motifs is 1. The second kappa shape index (κ2) is 5.41. The topological polar surface area (TPSA) is 12.0 Å². The van der Waals surface area contributed by atoms with Crippen LogP contribution in [-0.4, -0.2) is 6.54 Å². The van der Waals surface area contributed by atoms with E-state index >= 15 is 0 Å². The van der Waals surface area contributed by atoms with Crippen molar-refractivity contribution in [2.24, 2.45) is 5.92 Å². The fraction of sp³-hybridized carbons (Fsp3) is 0.500. The monoisotopic (exact) mass is 259 g/mol. The van der Waals surface area contributed by atoms with E-state index in [0.717, 1.165) is 12.5 Å². The standard InChI is InChI=1S/C16H21NS/c1-2-17-14(10-12-6-5-7-12)16-11-13-8-3-4-9-15(13)18-16/h3-4,8-9,11-12,14,17H,2,5-7,10H2,1H3. The number of rotatable bonds is 5. The van der Waals surface area contributed by atoms with E-state index in [2.05, 4.69) is 42.6 Å². The third kappa shape index (κ3) is 2.45. The minimum atomic E-state index is 0.567. The van der Waals surface area contributed by atoms with Gasteiger partial charge < -0.3 is 5.32 Å². The Hall–Kier alpha value is -0.860. The molecule has 0 aliphatic heterocycles. The van der Waals surface area contributed by atoms with Crippen LogP contribution in [-0.2, 0) is 0 Å². The van der Waals surface area contributed by atoms with E-state index in [1.54, 1.807) is 0 Å². The largest absolute Gasteiger partial charge is 0.310 e. The molecule has 2 aromatic rings. The first-order chi connectivity index (χ1) is 8.86. The summed E-state index contributed by atoms with van der Waals surface area (Å²) in [4.78, 5) is 1.52. The molecule has 1 atom stereocenters. The lowest BCUT2D eigenvalue weighted by molar-refractivity contribution is 0.264. The van der Waals surface area contributed by atoms with Gasteiger partial charge in [-0.2, -0.15) is 0 Å². The van der Waals surface area contributed by atoms with Gasteiger partial charge >= 0.3 is 0 Å². The Morgan fingerprint density at radius 3 is 2.83 bits per heavy atom. The molecule has 2 heteroatoms. The first-order valence-electron chi connectivity index (χ1n) is 7.08. The van der Waals surface area contributed by atoms with Gasteiger partial charge in [-0.3, -0.25) is 0 Å². The van der Waals surface area contributed by atoms with Crippen LogP contribution in [0.15, 0.2) is 30.3 Å². The SMILES string of the molecule is CCNC(CC1CCC1)c1cc2ccccc2s1. The average molecular weight is 259 g/mol. The van der Waals surface area contributed by atoms with E-state index in [-0.39, 0.29) is 0 Å². The highest BCUT2D eigenvalue weighted by atomic mass is 32.1. The first-order valence-corrected chi connectivity index (χ1v) is 7.90. The highest BCUT2D eigenvalue weighted by Gasteiger charge is 2.23. The van der Waals surface area contributed by atoms with Gasteiger partial charge in [0.05, 0.1) is 0 Å². The van der Waals surface area contributed by atoms with Gasteiger partial charge in [-0.25, -0.2) is 0 Å².